The van der Waals surface area contributed by atoms with Gasteiger partial charge in [0.1, 0.15) is 0 Å². The molecule has 1 aromatic carbocycles. The van der Waals surface area contributed by atoms with Gasteiger partial charge < -0.3 is 10.1 Å². The number of hydrogen-bond donors (Lipinski definition) is 1. The van der Waals surface area contributed by atoms with E-state index < -0.39 is 23.7 Å². The molecule has 0 aliphatic carbocycles. The lowest BCUT2D eigenvalue weighted by molar-refractivity contribution is -0.252. The highest BCUT2D eigenvalue weighted by Gasteiger charge is 2.66. The molecule has 0 aromatic heterocycles. The first-order valence-electron chi connectivity index (χ1n) is 8.13. The van der Waals surface area contributed by atoms with Gasteiger partial charge in [-0.2, -0.15) is 13.2 Å². The predicted octanol–water partition coefficient (Wildman–Crippen LogP) is 2.39. The summed E-state index contributed by atoms with van der Waals surface area (Å²) < 4.78 is 46.9. The average molecular weight is 358 g/mol. The van der Waals surface area contributed by atoms with Crippen molar-refractivity contribution in [3.8, 4) is 0 Å². The molecule has 1 N–H and O–H groups in total. The Hall–Kier alpha value is -2.09. The molecule has 25 heavy (non-hydrogen) atoms. The minimum atomic E-state index is -5.03. The number of rotatable bonds is 5. The Balaban J connectivity index is 2.49. The second-order valence-corrected chi connectivity index (χ2v) is 5.77. The zero-order valence-corrected chi connectivity index (χ0v) is 14.2. The predicted molar refractivity (Wildman–Crippen MR) is 84.4 cm³/mol. The van der Waals surface area contributed by atoms with Crippen molar-refractivity contribution in [3.05, 3.63) is 35.4 Å². The van der Waals surface area contributed by atoms with Gasteiger partial charge in [-0.1, -0.05) is 31.2 Å². The van der Waals surface area contributed by atoms with Crippen molar-refractivity contribution in [2.45, 2.75) is 45.1 Å². The minimum Gasteiger partial charge on any atom is -0.463 e. The Kier molecular flexibility index (Phi) is 5.72. The number of ether oxygens (including phenoxy) is 1. The summed E-state index contributed by atoms with van der Waals surface area (Å²) in [5.41, 5.74) is -1.57. The van der Waals surface area contributed by atoms with Crippen LogP contribution >= 0.6 is 0 Å². The molecule has 0 unspecified atom stereocenters. The molecule has 8 heteroatoms. The van der Waals surface area contributed by atoms with E-state index in [1.165, 1.54) is 13.8 Å². The zero-order valence-electron chi connectivity index (χ0n) is 14.2. The van der Waals surface area contributed by atoms with Crippen LogP contribution in [0.4, 0.5) is 13.2 Å². The molecule has 1 heterocycles. The summed E-state index contributed by atoms with van der Waals surface area (Å²) in [5, 5.41) is 1.89. The lowest BCUT2D eigenvalue weighted by atomic mass is 9.95. The summed E-state index contributed by atoms with van der Waals surface area (Å²) in [4.78, 5) is 25.1. The van der Waals surface area contributed by atoms with Gasteiger partial charge in [0.05, 0.1) is 6.61 Å². The van der Waals surface area contributed by atoms with E-state index in [1.54, 1.807) is 12.1 Å². The van der Waals surface area contributed by atoms with E-state index in [2.05, 4.69) is 0 Å². The fourth-order valence-corrected chi connectivity index (χ4v) is 2.93. The van der Waals surface area contributed by atoms with Crippen LogP contribution in [-0.2, 0) is 27.3 Å². The zero-order chi connectivity index (χ0) is 18.7. The molecule has 0 bridgehead atoms. The number of halogens is 3. The maximum Gasteiger partial charge on any atom is 0.436 e. The molecule has 0 radical (unpaired) electrons. The van der Waals surface area contributed by atoms with Crippen LogP contribution in [0.3, 0.4) is 0 Å². The molecule has 0 saturated heterocycles. The highest BCUT2D eigenvalue weighted by Crippen LogP contribution is 2.38. The number of hydrogen-bond acceptors (Lipinski definition) is 4. The summed E-state index contributed by atoms with van der Waals surface area (Å²) >= 11 is 0. The maximum atomic E-state index is 14.0. The molecule has 0 saturated carbocycles. The van der Waals surface area contributed by atoms with E-state index >= 15 is 0 Å². The Bertz CT molecular complexity index is 648. The van der Waals surface area contributed by atoms with Gasteiger partial charge in [0.2, 0.25) is 5.91 Å². The van der Waals surface area contributed by atoms with Crippen molar-refractivity contribution in [1.29, 1.82) is 0 Å². The van der Waals surface area contributed by atoms with E-state index in [-0.39, 0.29) is 26.1 Å². The molecule has 138 valence electrons. The monoisotopic (exact) mass is 358 g/mol. The largest absolute Gasteiger partial charge is 0.463 e. The summed E-state index contributed by atoms with van der Waals surface area (Å²) in [7, 11) is 0. The first kappa shape index (κ1) is 19.2. The molecule has 1 aliphatic heterocycles. The lowest BCUT2D eigenvalue weighted by Gasteiger charge is -2.44. The molecule has 1 aromatic rings. The highest BCUT2D eigenvalue weighted by molar-refractivity contribution is 5.88. The van der Waals surface area contributed by atoms with E-state index in [0.29, 0.717) is 12.0 Å². The summed E-state index contributed by atoms with van der Waals surface area (Å²) in [6, 6.07) is 7.11. The second kappa shape index (κ2) is 7.43. The van der Waals surface area contributed by atoms with Crippen LogP contribution in [-0.4, -0.2) is 41.8 Å². The lowest BCUT2D eigenvalue weighted by Crippen LogP contribution is -2.74. The maximum absolute atomic E-state index is 14.0. The number of fused-ring (bicyclic) bond motifs is 1. The number of amides is 1. The minimum absolute atomic E-state index is 0.0284. The molecule has 0 spiro atoms. The Labute approximate surface area is 144 Å². The SMILES string of the molecule is CCOC(=O)[C@@](NC(=O)CC)(N1CCc2ccccc2C1)C(F)(F)F. The molecular weight excluding hydrogens is 337 g/mol. The second-order valence-electron chi connectivity index (χ2n) is 5.77. The van der Waals surface area contributed by atoms with Crippen LogP contribution in [0.2, 0.25) is 0 Å². The molecule has 5 nitrogen and oxygen atoms in total. The third-order valence-corrected chi connectivity index (χ3v) is 4.23. The third-order valence-electron chi connectivity index (χ3n) is 4.23. The van der Waals surface area contributed by atoms with Gasteiger partial charge in [0.25, 0.3) is 5.66 Å². The van der Waals surface area contributed by atoms with Crippen molar-refractivity contribution in [2.24, 2.45) is 0 Å². The quantitative estimate of drug-likeness (QED) is 0.821. The number of esters is 1. The normalized spacial score (nSPS) is 17.3. The summed E-state index contributed by atoms with van der Waals surface area (Å²) in [5.74, 6) is -2.38. The van der Waals surface area contributed by atoms with Crippen LogP contribution in [0, 0.1) is 0 Å². The van der Waals surface area contributed by atoms with Crippen LogP contribution in [0.5, 0.6) is 0 Å². The first-order valence-corrected chi connectivity index (χ1v) is 8.13. The molecule has 2 rings (SSSR count). The smallest absolute Gasteiger partial charge is 0.436 e. The number of alkyl halides is 3. The van der Waals surface area contributed by atoms with Gasteiger partial charge >= 0.3 is 12.1 Å². The van der Waals surface area contributed by atoms with Crippen LogP contribution in [0.25, 0.3) is 0 Å². The van der Waals surface area contributed by atoms with Gasteiger partial charge in [0.15, 0.2) is 0 Å². The Morgan fingerprint density at radius 2 is 1.84 bits per heavy atom. The van der Waals surface area contributed by atoms with Crippen molar-refractivity contribution in [2.75, 3.05) is 13.2 Å². The van der Waals surface area contributed by atoms with Crippen molar-refractivity contribution in [3.63, 3.8) is 0 Å². The third kappa shape index (κ3) is 3.63. The fraction of sp³-hybridized carbons (Fsp3) is 0.529. The highest BCUT2D eigenvalue weighted by atomic mass is 19.4. The topological polar surface area (TPSA) is 58.6 Å². The number of carbonyl (C=O) groups is 2. The first-order chi connectivity index (χ1) is 11.8. The van der Waals surface area contributed by atoms with Gasteiger partial charge in [-0.15, -0.1) is 0 Å². The molecule has 1 amide bonds. The van der Waals surface area contributed by atoms with E-state index in [9.17, 15) is 22.8 Å². The van der Waals surface area contributed by atoms with Crippen molar-refractivity contribution >= 4 is 11.9 Å². The fourth-order valence-electron chi connectivity index (χ4n) is 2.93. The Morgan fingerprint density at radius 3 is 2.40 bits per heavy atom. The van der Waals surface area contributed by atoms with Crippen molar-refractivity contribution < 1.29 is 27.5 Å². The summed E-state index contributed by atoms with van der Waals surface area (Å²) in [6.45, 7) is 2.49. The van der Waals surface area contributed by atoms with Crippen LogP contribution < -0.4 is 5.32 Å². The van der Waals surface area contributed by atoms with Gasteiger partial charge in [0, 0.05) is 19.5 Å². The number of carbonyl (C=O) groups excluding carboxylic acids is 2. The summed E-state index contributed by atoms with van der Waals surface area (Å²) in [6.07, 6.45) is -4.87. The van der Waals surface area contributed by atoms with Gasteiger partial charge in [-0.05, 0) is 24.5 Å². The van der Waals surface area contributed by atoms with Crippen molar-refractivity contribution in [1.82, 2.24) is 10.2 Å². The van der Waals surface area contributed by atoms with Crippen LogP contribution in [0.1, 0.15) is 31.4 Å². The number of nitrogens with zero attached hydrogens (tertiary/aromatic N) is 1. The number of benzene rings is 1. The average Bonchev–Trinajstić information content (AvgIpc) is 2.58. The van der Waals surface area contributed by atoms with E-state index in [1.807, 2.05) is 17.4 Å². The molecule has 0 fully saturated rings. The van der Waals surface area contributed by atoms with Gasteiger partial charge in [-0.25, -0.2) is 4.79 Å². The molecule has 1 aliphatic rings. The van der Waals surface area contributed by atoms with E-state index in [4.69, 9.17) is 4.74 Å². The Morgan fingerprint density at radius 1 is 1.20 bits per heavy atom. The molecular formula is C17H21F3N2O3. The number of nitrogens with one attached hydrogen (secondary N) is 1. The molecule has 1 atom stereocenters. The standard InChI is InChI=1S/C17H21F3N2O3/c1-3-14(23)21-16(17(18,19)20,15(24)25-4-2)22-10-9-12-7-5-6-8-13(12)11-22/h5-8H,3-4,9-11H2,1-2H3,(H,21,23)/t16-/m1/s1. The van der Waals surface area contributed by atoms with E-state index in [0.717, 1.165) is 10.5 Å². The van der Waals surface area contributed by atoms with Crippen LogP contribution in [0.15, 0.2) is 24.3 Å². The van der Waals surface area contributed by atoms with Gasteiger partial charge in [-0.3, -0.25) is 9.69 Å².